The number of rotatable bonds is 8. The summed E-state index contributed by atoms with van der Waals surface area (Å²) in [6.07, 6.45) is 3.08. The molecule has 4 unspecified atom stereocenters. The number of Topliss-reactive ketones (excluding diaryl/α,β-unsaturated/α-hetero) is 2. The summed E-state index contributed by atoms with van der Waals surface area (Å²) in [6, 6.07) is 0. The molecule has 0 aromatic heterocycles. The molecule has 4 atom stereocenters. The molecule has 0 radical (unpaired) electrons. The molecule has 0 spiro atoms. The minimum absolute atomic E-state index is 0.0383. The van der Waals surface area contributed by atoms with E-state index in [1.54, 1.807) is 0 Å². The minimum Gasteiger partial charge on any atom is -0.454 e. The molecule has 8 aliphatic carbocycles. The Morgan fingerprint density at radius 3 is 1.25 bits per heavy atom. The van der Waals surface area contributed by atoms with Gasteiger partial charge in [-0.1, -0.05) is 3.89 Å². The van der Waals surface area contributed by atoms with Crippen LogP contribution in [0.2, 0.25) is 0 Å². The van der Waals surface area contributed by atoms with Crippen molar-refractivity contribution in [3.8, 4) is 0 Å². The number of ether oxygens (including phenoxy) is 2. The summed E-state index contributed by atoms with van der Waals surface area (Å²) in [5, 5.41) is -2.04. The minimum atomic E-state index is -6.37. The summed E-state index contributed by atoms with van der Waals surface area (Å²) in [6.45, 7) is 0. The Kier molecular flexibility index (Phi) is 10.8. The standard InChI is InChI=1S/C16H17F2NO8S.C12H13F3O5S.C4H5NO3/c17-16(18,28(24,25)27-19-11(20)1-2-12(19)21)14(23)26-15-5-8-3-9(6-15)13(22)10(4-8)7-15;13-12(14,21(15,18)19)10(17)20-11-3-6-1-7(4-11)9(16)8(2-6)5-11;6-3-1-2-4(7)5(3)8/h8-10H,1-7H2;6-8H,1-5H2;8H,1-2H2. The van der Waals surface area contributed by atoms with Crippen LogP contribution >= 0.6 is 0 Å². The SMILES string of the molecule is O=C1C2CC3CC1CC(OC(=O)C(F)(F)S(=O)(=O)F)(C3)C2.O=C1C2CC3CC1CC(OC(=O)C(F)(F)S(=O)(=O)ON1C(=O)CCC1=O)(C3)C2.O=C1CCC(=O)N1O. The second kappa shape index (κ2) is 14.4. The van der Waals surface area contributed by atoms with Gasteiger partial charge in [0.15, 0.2) is 0 Å². The average Bonchev–Trinajstić information content (AvgIpc) is 3.57. The van der Waals surface area contributed by atoms with E-state index < -0.39 is 77.6 Å². The maximum atomic E-state index is 14.4. The van der Waals surface area contributed by atoms with Gasteiger partial charge in [0, 0.05) is 49.4 Å². The van der Waals surface area contributed by atoms with Crippen LogP contribution in [0, 0.1) is 35.5 Å². The number of ketones is 2. The molecule has 18 nitrogen and oxygen atoms in total. The molecule has 10 rings (SSSR count). The van der Waals surface area contributed by atoms with Gasteiger partial charge in [-0.2, -0.15) is 39.5 Å². The molecule has 316 valence electrons. The molecule has 10 aliphatic rings. The van der Waals surface area contributed by atoms with Crippen molar-refractivity contribution < 1.29 is 95.6 Å². The fourth-order valence-corrected chi connectivity index (χ4v) is 10.6. The van der Waals surface area contributed by atoms with Gasteiger partial charge >= 0.3 is 42.8 Å². The lowest BCUT2D eigenvalue weighted by Gasteiger charge is -2.54. The Labute approximate surface area is 319 Å². The Hall–Kier alpha value is -3.97. The van der Waals surface area contributed by atoms with E-state index in [0.717, 1.165) is 0 Å². The van der Waals surface area contributed by atoms with E-state index in [0.29, 0.717) is 38.5 Å². The van der Waals surface area contributed by atoms with Gasteiger partial charge < -0.3 is 9.47 Å². The first-order chi connectivity index (χ1) is 26.2. The van der Waals surface area contributed by atoms with Crippen molar-refractivity contribution in [1.29, 1.82) is 0 Å². The quantitative estimate of drug-likeness (QED) is 0.120. The van der Waals surface area contributed by atoms with Gasteiger partial charge in [-0.25, -0.2) is 9.59 Å². The molecular formula is C32H35F5N2O16S2. The summed E-state index contributed by atoms with van der Waals surface area (Å²) < 4.78 is 126. The molecule has 0 aromatic carbocycles. The zero-order chi connectivity index (χ0) is 42.3. The van der Waals surface area contributed by atoms with Crippen LogP contribution in [0.5, 0.6) is 0 Å². The van der Waals surface area contributed by atoms with Crippen LogP contribution in [-0.4, -0.2) is 101 Å². The maximum Gasteiger partial charge on any atom is 0.470 e. The third-order valence-corrected chi connectivity index (χ3v) is 13.7. The van der Waals surface area contributed by atoms with Crippen molar-refractivity contribution in [1.82, 2.24) is 10.1 Å². The van der Waals surface area contributed by atoms with Gasteiger partial charge in [-0.15, -0.1) is 9.35 Å². The van der Waals surface area contributed by atoms with E-state index >= 15 is 0 Å². The smallest absolute Gasteiger partial charge is 0.454 e. The normalized spacial score (nSPS) is 34.3. The number of amides is 4. The average molecular weight is 863 g/mol. The number of hydrogen-bond acceptors (Lipinski definition) is 16. The Morgan fingerprint density at radius 2 is 0.930 bits per heavy atom. The van der Waals surface area contributed by atoms with Crippen molar-refractivity contribution in [2.75, 3.05) is 0 Å². The first-order valence-electron chi connectivity index (χ1n) is 17.8. The van der Waals surface area contributed by atoms with Gasteiger partial charge in [-0.3, -0.25) is 34.0 Å². The van der Waals surface area contributed by atoms with Gasteiger partial charge in [-0.05, 0) is 76.0 Å². The molecule has 4 amide bonds. The summed E-state index contributed by atoms with van der Waals surface area (Å²) in [4.78, 5) is 90.9. The van der Waals surface area contributed by atoms with E-state index in [-0.39, 0.29) is 109 Å². The molecule has 8 saturated carbocycles. The van der Waals surface area contributed by atoms with Crippen LogP contribution in [0.4, 0.5) is 21.4 Å². The summed E-state index contributed by atoms with van der Waals surface area (Å²) in [5.41, 5.74) is -2.56. The first kappa shape index (κ1) is 42.6. The molecule has 0 aromatic rings. The Bertz CT molecular complexity index is 1980. The Morgan fingerprint density at radius 1 is 0.596 bits per heavy atom. The number of carbonyl (C=O) groups is 8. The highest BCUT2D eigenvalue weighted by molar-refractivity contribution is 7.88. The monoisotopic (exact) mass is 862 g/mol. The van der Waals surface area contributed by atoms with Crippen molar-refractivity contribution in [2.45, 2.75) is 112 Å². The van der Waals surface area contributed by atoms with Crippen LogP contribution in [0.1, 0.15) is 89.9 Å². The maximum absolute atomic E-state index is 14.4. The Balaban J connectivity index is 0.000000166. The van der Waals surface area contributed by atoms with E-state index in [2.05, 4.69) is 4.28 Å². The van der Waals surface area contributed by atoms with Crippen LogP contribution in [0.15, 0.2) is 0 Å². The molecule has 25 heteroatoms. The summed E-state index contributed by atoms with van der Waals surface area (Å²) in [5.74, 6) is -9.09. The summed E-state index contributed by atoms with van der Waals surface area (Å²) in [7, 11) is -12.4. The second-order valence-corrected chi connectivity index (χ2v) is 18.8. The van der Waals surface area contributed by atoms with Gasteiger partial charge in [0.2, 0.25) is 0 Å². The van der Waals surface area contributed by atoms with Crippen molar-refractivity contribution in [3.05, 3.63) is 0 Å². The van der Waals surface area contributed by atoms with Gasteiger partial charge in [0.05, 0.1) is 0 Å². The fourth-order valence-electron chi connectivity index (χ4n) is 9.66. The number of carbonyl (C=O) groups excluding carboxylic acids is 8. The fraction of sp³-hybridized carbons (Fsp3) is 0.750. The number of imide groups is 2. The van der Waals surface area contributed by atoms with Crippen molar-refractivity contribution in [2.24, 2.45) is 35.5 Å². The predicted molar refractivity (Wildman–Crippen MR) is 169 cm³/mol. The number of halogens is 5. The molecule has 2 aliphatic heterocycles. The van der Waals surface area contributed by atoms with E-state index in [1.165, 1.54) is 0 Å². The lowest BCUT2D eigenvalue weighted by atomic mass is 9.53. The van der Waals surface area contributed by atoms with Crippen LogP contribution in [-0.2, 0) is 72.5 Å². The van der Waals surface area contributed by atoms with Crippen LogP contribution < -0.4 is 0 Å². The van der Waals surface area contributed by atoms with Crippen molar-refractivity contribution in [3.63, 3.8) is 0 Å². The largest absolute Gasteiger partial charge is 0.470 e. The lowest BCUT2D eigenvalue weighted by Crippen LogP contribution is -2.58. The van der Waals surface area contributed by atoms with E-state index in [4.69, 9.17) is 14.7 Å². The molecule has 10 fully saturated rings. The highest BCUT2D eigenvalue weighted by Crippen LogP contribution is 2.57. The van der Waals surface area contributed by atoms with E-state index in [9.17, 15) is 76.6 Å². The third kappa shape index (κ3) is 7.82. The number of hydrogen-bond donors (Lipinski definition) is 1. The lowest BCUT2D eigenvalue weighted by molar-refractivity contribution is -0.203. The van der Waals surface area contributed by atoms with Gasteiger partial charge in [0.1, 0.15) is 22.8 Å². The molecule has 2 saturated heterocycles. The highest BCUT2D eigenvalue weighted by atomic mass is 32.3. The predicted octanol–water partition coefficient (Wildman–Crippen LogP) is 1.77. The van der Waals surface area contributed by atoms with Crippen LogP contribution in [0.3, 0.4) is 0 Å². The molecule has 1 N–H and O–H groups in total. The summed E-state index contributed by atoms with van der Waals surface area (Å²) >= 11 is 0. The zero-order valence-corrected chi connectivity index (χ0v) is 31.2. The van der Waals surface area contributed by atoms with Crippen molar-refractivity contribution >= 4 is 67.5 Å². The topological polar surface area (TPSA) is 259 Å². The highest BCUT2D eigenvalue weighted by Gasteiger charge is 2.64. The molecule has 57 heavy (non-hydrogen) atoms. The third-order valence-electron chi connectivity index (χ3n) is 11.8. The molecule has 8 bridgehead atoms. The van der Waals surface area contributed by atoms with E-state index in [1.807, 2.05) is 0 Å². The number of esters is 2. The van der Waals surface area contributed by atoms with Gasteiger partial charge in [0.25, 0.3) is 23.6 Å². The van der Waals surface area contributed by atoms with Crippen LogP contribution in [0.25, 0.3) is 0 Å². The molecular weight excluding hydrogens is 827 g/mol. The number of alkyl halides is 4. The number of nitrogens with zero attached hydrogens (tertiary/aromatic N) is 2. The zero-order valence-electron chi connectivity index (χ0n) is 29.5. The number of hydroxylamine groups is 4. The second-order valence-electron chi connectivity index (χ2n) is 15.8. The molecule has 2 heterocycles. The first-order valence-corrected chi connectivity index (χ1v) is 20.6.